The summed E-state index contributed by atoms with van der Waals surface area (Å²) in [7, 11) is 0. The Balaban J connectivity index is 1.03. The van der Waals surface area contributed by atoms with Gasteiger partial charge in [0, 0.05) is 17.1 Å². The predicted octanol–water partition coefficient (Wildman–Crippen LogP) is 15.3. The SMILES string of the molecule is c1ccc(-c2cc(-c3ccc(N(c4ccccc4)c4ccc(-c5cc6ccccc6c6ccccc56)cc4)cc3)ccc2-c2cccc3ccccc23)cc1. The van der Waals surface area contributed by atoms with Crippen molar-refractivity contribution in [1.82, 2.24) is 0 Å². The van der Waals surface area contributed by atoms with Crippen LogP contribution in [0.1, 0.15) is 0 Å². The number of fused-ring (bicyclic) bond motifs is 4. The minimum Gasteiger partial charge on any atom is -0.311 e. The Labute approximate surface area is 322 Å². The maximum absolute atomic E-state index is 2.35. The molecule has 0 aliphatic heterocycles. The van der Waals surface area contributed by atoms with E-state index in [1.165, 1.54) is 76.8 Å². The van der Waals surface area contributed by atoms with Gasteiger partial charge >= 0.3 is 0 Å². The van der Waals surface area contributed by atoms with E-state index in [1.807, 2.05) is 0 Å². The minimum absolute atomic E-state index is 1.11. The van der Waals surface area contributed by atoms with Crippen LogP contribution < -0.4 is 4.90 Å². The second-order valence-electron chi connectivity index (χ2n) is 14.1. The first-order valence-corrected chi connectivity index (χ1v) is 18.9. The topological polar surface area (TPSA) is 3.24 Å². The molecule has 1 nitrogen and oxygen atoms in total. The molecule has 0 fully saturated rings. The van der Waals surface area contributed by atoms with Gasteiger partial charge in [-0.25, -0.2) is 0 Å². The zero-order valence-corrected chi connectivity index (χ0v) is 30.3. The van der Waals surface area contributed by atoms with E-state index < -0.39 is 0 Å². The van der Waals surface area contributed by atoms with Gasteiger partial charge in [0.05, 0.1) is 0 Å². The van der Waals surface area contributed by atoms with Gasteiger partial charge < -0.3 is 4.90 Å². The molecular weight excluding hydrogens is 663 g/mol. The van der Waals surface area contributed by atoms with Crippen molar-refractivity contribution in [3.8, 4) is 44.5 Å². The molecule has 0 aliphatic carbocycles. The largest absolute Gasteiger partial charge is 0.311 e. The summed E-state index contributed by atoms with van der Waals surface area (Å²) >= 11 is 0. The molecule has 258 valence electrons. The van der Waals surface area contributed by atoms with Crippen molar-refractivity contribution in [2.45, 2.75) is 0 Å². The van der Waals surface area contributed by atoms with E-state index in [9.17, 15) is 0 Å². The summed E-state index contributed by atoms with van der Waals surface area (Å²) in [5, 5.41) is 7.60. The third-order valence-corrected chi connectivity index (χ3v) is 10.9. The Kier molecular flexibility index (Phi) is 8.24. The first-order valence-electron chi connectivity index (χ1n) is 18.9. The summed E-state index contributed by atoms with van der Waals surface area (Å²) in [6.45, 7) is 0. The number of benzene rings is 10. The molecule has 0 bridgehead atoms. The third kappa shape index (κ3) is 6.02. The highest BCUT2D eigenvalue weighted by molar-refractivity contribution is 6.13. The molecule has 10 aromatic rings. The Morgan fingerprint density at radius 3 is 1.45 bits per heavy atom. The van der Waals surface area contributed by atoms with Crippen LogP contribution in [0.15, 0.2) is 224 Å². The van der Waals surface area contributed by atoms with Gasteiger partial charge in [0.2, 0.25) is 0 Å². The average molecular weight is 700 g/mol. The lowest BCUT2D eigenvalue weighted by Gasteiger charge is -2.26. The molecule has 55 heavy (non-hydrogen) atoms. The predicted molar refractivity (Wildman–Crippen MR) is 235 cm³/mol. The zero-order chi connectivity index (χ0) is 36.6. The molecule has 0 amide bonds. The highest BCUT2D eigenvalue weighted by atomic mass is 15.1. The fraction of sp³-hybridized carbons (Fsp3) is 0. The number of hydrogen-bond acceptors (Lipinski definition) is 1. The van der Waals surface area contributed by atoms with Gasteiger partial charge in [-0.3, -0.25) is 0 Å². The van der Waals surface area contributed by atoms with Gasteiger partial charge in [-0.1, -0.05) is 176 Å². The van der Waals surface area contributed by atoms with E-state index in [0.717, 1.165) is 17.1 Å². The van der Waals surface area contributed by atoms with Crippen LogP contribution in [0.4, 0.5) is 17.1 Å². The van der Waals surface area contributed by atoms with Crippen LogP contribution in [0.2, 0.25) is 0 Å². The van der Waals surface area contributed by atoms with Gasteiger partial charge in [-0.2, -0.15) is 0 Å². The molecule has 0 N–H and O–H groups in total. The molecule has 1 heteroatoms. The van der Waals surface area contributed by atoms with Crippen molar-refractivity contribution in [3.05, 3.63) is 224 Å². The molecule has 0 spiro atoms. The number of para-hydroxylation sites is 1. The Morgan fingerprint density at radius 1 is 0.218 bits per heavy atom. The fourth-order valence-corrected chi connectivity index (χ4v) is 8.19. The van der Waals surface area contributed by atoms with Crippen molar-refractivity contribution in [3.63, 3.8) is 0 Å². The molecule has 10 rings (SSSR count). The molecular formula is C54H37N. The maximum Gasteiger partial charge on any atom is 0.0462 e. The summed E-state index contributed by atoms with van der Waals surface area (Å²) in [5.74, 6) is 0. The van der Waals surface area contributed by atoms with Gasteiger partial charge in [0.25, 0.3) is 0 Å². The van der Waals surface area contributed by atoms with Crippen molar-refractivity contribution in [2.24, 2.45) is 0 Å². The molecule has 0 heterocycles. The molecule has 0 atom stereocenters. The molecule has 0 unspecified atom stereocenters. The van der Waals surface area contributed by atoms with Gasteiger partial charge in [0.1, 0.15) is 0 Å². The van der Waals surface area contributed by atoms with Crippen LogP contribution in [0.3, 0.4) is 0 Å². The van der Waals surface area contributed by atoms with Gasteiger partial charge in [-0.05, 0) is 125 Å². The minimum atomic E-state index is 1.11. The van der Waals surface area contributed by atoms with Crippen LogP contribution >= 0.6 is 0 Å². The second-order valence-corrected chi connectivity index (χ2v) is 14.1. The first-order chi connectivity index (χ1) is 27.3. The quantitative estimate of drug-likeness (QED) is 0.150. The number of anilines is 3. The zero-order valence-electron chi connectivity index (χ0n) is 30.3. The molecule has 0 aliphatic rings. The van der Waals surface area contributed by atoms with E-state index in [-0.39, 0.29) is 0 Å². The van der Waals surface area contributed by atoms with Gasteiger partial charge in [0.15, 0.2) is 0 Å². The van der Waals surface area contributed by atoms with E-state index in [4.69, 9.17) is 0 Å². The maximum atomic E-state index is 2.35. The number of hydrogen-bond donors (Lipinski definition) is 0. The summed E-state index contributed by atoms with van der Waals surface area (Å²) in [5.41, 5.74) is 13.1. The van der Waals surface area contributed by atoms with Crippen LogP contribution in [0.5, 0.6) is 0 Å². The first kappa shape index (κ1) is 32.4. The molecule has 10 aromatic carbocycles. The normalized spacial score (nSPS) is 11.3. The van der Waals surface area contributed by atoms with Crippen molar-refractivity contribution in [2.75, 3.05) is 4.90 Å². The fourth-order valence-electron chi connectivity index (χ4n) is 8.19. The summed E-state index contributed by atoms with van der Waals surface area (Å²) < 4.78 is 0. The van der Waals surface area contributed by atoms with Crippen LogP contribution in [-0.4, -0.2) is 0 Å². The highest BCUT2D eigenvalue weighted by Gasteiger charge is 2.16. The third-order valence-electron chi connectivity index (χ3n) is 10.9. The van der Waals surface area contributed by atoms with E-state index in [2.05, 4.69) is 229 Å². The van der Waals surface area contributed by atoms with Crippen molar-refractivity contribution in [1.29, 1.82) is 0 Å². The average Bonchev–Trinajstić information content (AvgIpc) is 3.27. The molecule has 0 saturated carbocycles. The van der Waals surface area contributed by atoms with Gasteiger partial charge in [-0.15, -0.1) is 0 Å². The summed E-state index contributed by atoms with van der Waals surface area (Å²) in [6, 6.07) is 81.3. The Morgan fingerprint density at radius 2 is 0.727 bits per heavy atom. The molecule has 0 saturated heterocycles. The highest BCUT2D eigenvalue weighted by Crippen LogP contribution is 2.41. The van der Waals surface area contributed by atoms with Crippen molar-refractivity contribution < 1.29 is 0 Å². The lowest BCUT2D eigenvalue weighted by Crippen LogP contribution is -2.09. The standard InChI is InChI=1S/C54H37N/c1-3-14-40(15-4-1)53-36-42(30-35-52(53)50-25-13-18-39-16-7-9-21-47(39)50)38-26-31-45(32-27-38)55(44-19-5-2-6-20-44)46-33-28-41(29-34-46)54-37-43-17-8-10-22-48(43)49-23-11-12-24-51(49)54/h1-37H. The van der Waals surface area contributed by atoms with Crippen LogP contribution in [-0.2, 0) is 0 Å². The van der Waals surface area contributed by atoms with E-state index in [1.54, 1.807) is 0 Å². The van der Waals surface area contributed by atoms with E-state index >= 15 is 0 Å². The summed E-state index contributed by atoms with van der Waals surface area (Å²) in [6.07, 6.45) is 0. The van der Waals surface area contributed by atoms with E-state index in [0.29, 0.717) is 0 Å². The molecule has 0 aromatic heterocycles. The second kappa shape index (κ2) is 14.0. The number of nitrogens with zero attached hydrogens (tertiary/aromatic N) is 1. The van der Waals surface area contributed by atoms with Crippen LogP contribution in [0.25, 0.3) is 76.8 Å². The monoisotopic (exact) mass is 699 g/mol. The number of rotatable bonds is 7. The summed E-state index contributed by atoms with van der Waals surface area (Å²) in [4.78, 5) is 2.34. The molecule has 0 radical (unpaired) electrons. The lowest BCUT2D eigenvalue weighted by molar-refractivity contribution is 1.28. The smallest absolute Gasteiger partial charge is 0.0462 e. The lowest BCUT2D eigenvalue weighted by atomic mass is 9.89. The van der Waals surface area contributed by atoms with Crippen LogP contribution in [0, 0.1) is 0 Å². The van der Waals surface area contributed by atoms with Crippen molar-refractivity contribution >= 4 is 49.4 Å². The Bertz CT molecular complexity index is 2940. The Hall–Kier alpha value is -7.22.